The molecule has 10 heteroatoms. The normalized spacial score (nSPS) is 30.2. The fourth-order valence-corrected chi connectivity index (χ4v) is 9.10. The Morgan fingerprint density at radius 2 is 2.09 bits per heavy atom. The van der Waals surface area contributed by atoms with E-state index in [2.05, 4.69) is 44.0 Å². The number of hydrogen-bond donors (Lipinski definition) is 1. The number of hydrogen-bond acceptors (Lipinski definition) is 6. The first-order chi connectivity index (χ1) is 21.7. The van der Waals surface area contributed by atoms with E-state index in [4.69, 9.17) is 21.1 Å². The summed E-state index contributed by atoms with van der Waals surface area (Å²) >= 11 is 6.42. The first-order valence-corrected chi connectivity index (χ1v) is 17.8. The topological polar surface area (TPSA) is 97.3 Å². The Kier molecular flexibility index (Phi) is 9.28. The highest BCUT2D eigenvalue weighted by atomic mass is 35.5. The van der Waals surface area contributed by atoms with Crippen LogP contribution in [0.25, 0.3) is 0 Å². The molecule has 0 radical (unpaired) electrons. The molecule has 2 aliphatic carbocycles. The van der Waals surface area contributed by atoms with Crippen molar-refractivity contribution in [3.8, 4) is 17.6 Å². The van der Waals surface area contributed by atoms with Gasteiger partial charge in [-0.15, -0.1) is 4.36 Å². The molecule has 1 unspecified atom stereocenters. The van der Waals surface area contributed by atoms with Gasteiger partial charge in [0.15, 0.2) is 0 Å². The van der Waals surface area contributed by atoms with E-state index in [1.54, 1.807) is 13.2 Å². The van der Waals surface area contributed by atoms with Gasteiger partial charge < -0.3 is 14.4 Å². The summed E-state index contributed by atoms with van der Waals surface area (Å²) in [6.45, 7) is 3.55. The summed E-state index contributed by atoms with van der Waals surface area (Å²) in [6.07, 6.45) is 10.4. The van der Waals surface area contributed by atoms with Crippen LogP contribution in [0.4, 0.5) is 5.69 Å². The third kappa shape index (κ3) is 6.65. The van der Waals surface area contributed by atoms with Crippen molar-refractivity contribution in [2.45, 2.75) is 63.4 Å². The third-order valence-electron chi connectivity index (χ3n) is 9.75. The summed E-state index contributed by atoms with van der Waals surface area (Å²) in [6, 6.07) is 11.5. The molecule has 45 heavy (non-hydrogen) atoms. The van der Waals surface area contributed by atoms with E-state index in [-0.39, 0.29) is 17.3 Å². The Hall–Kier alpha value is -3.32. The second kappa shape index (κ2) is 13.2. The number of methoxy groups -OCH3 is 1. The lowest BCUT2D eigenvalue weighted by Gasteiger charge is -2.46. The number of halogens is 1. The van der Waals surface area contributed by atoms with E-state index in [0.29, 0.717) is 42.6 Å². The van der Waals surface area contributed by atoms with Gasteiger partial charge >= 0.3 is 5.91 Å². The lowest BCUT2D eigenvalue weighted by Crippen LogP contribution is -2.49. The van der Waals surface area contributed by atoms with Crippen LogP contribution in [0.1, 0.15) is 66.9 Å². The van der Waals surface area contributed by atoms with Crippen LogP contribution in [0.2, 0.25) is 5.02 Å². The highest BCUT2D eigenvalue weighted by Crippen LogP contribution is 2.47. The fraction of sp³-hybridized carbons (Fsp3) is 0.486. The number of nitrogens with one attached hydrogen (secondary N) is 1. The van der Waals surface area contributed by atoms with Crippen molar-refractivity contribution < 1.29 is 23.3 Å². The predicted octanol–water partition coefficient (Wildman–Crippen LogP) is 5.87. The number of carbonyl (C=O) groups is 2. The molecule has 1 fully saturated rings. The van der Waals surface area contributed by atoms with Crippen LogP contribution < -0.4 is 14.4 Å². The molecule has 0 saturated heterocycles. The highest BCUT2D eigenvalue weighted by Gasteiger charge is 2.44. The SMILES string of the molecule is CC#CC(=O)NS1(=O)=NC(=O)c2ccc3c(c2)N(C[C@@H]2CC[C@H]2[C@@H](OC)/C=C\CCC1)C[C@@]1(CCCc2cc(Cl)ccc21)CO3. The van der Waals surface area contributed by atoms with E-state index in [1.807, 2.05) is 24.3 Å². The van der Waals surface area contributed by atoms with Crippen LogP contribution in [-0.4, -0.2) is 54.7 Å². The van der Waals surface area contributed by atoms with Crippen LogP contribution in [0, 0.1) is 23.7 Å². The highest BCUT2D eigenvalue weighted by molar-refractivity contribution is 7.92. The van der Waals surface area contributed by atoms with E-state index in [1.165, 1.54) is 18.1 Å². The van der Waals surface area contributed by atoms with Crippen LogP contribution >= 0.6 is 11.6 Å². The van der Waals surface area contributed by atoms with E-state index >= 15 is 0 Å². The number of benzene rings is 2. The van der Waals surface area contributed by atoms with Crippen molar-refractivity contribution in [2.75, 3.05) is 37.5 Å². The van der Waals surface area contributed by atoms with Gasteiger partial charge in [0.25, 0.3) is 5.91 Å². The summed E-state index contributed by atoms with van der Waals surface area (Å²) in [7, 11) is -1.66. The van der Waals surface area contributed by atoms with Gasteiger partial charge in [-0.3, -0.25) is 14.3 Å². The predicted molar refractivity (Wildman–Crippen MR) is 177 cm³/mol. The van der Waals surface area contributed by atoms with Crippen LogP contribution in [0.3, 0.4) is 0 Å². The average Bonchev–Trinajstić information content (AvgIpc) is 3.14. The molecular weight excluding hydrogens is 610 g/mol. The zero-order valence-corrected chi connectivity index (χ0v) is 27.4. The molecule has 2 aromatic rings. The fourth-order valence-electron chi connectivity index (χ4n) is 7.40. The van der Waals surface area contributed by atoms with Gasteiger partial charge in [0.05, 0.1) is 24.2 Å². The maximum Gasteiger partial charge on any atom is 0.308 e. The maximum atomic E-state index is 13.8. The molecule has 2 aliphatic heterocycles. The molecule has 1 N–H and O–H groups in total. The molecule has 5 atom stereocenters. The molecule has 238 valence electrons. The lowest BCUT2D eigenvalue weighted by atomic mass is 9.68. The smallest absolute Gasteiger partial charge is 0.308 e. The molecule has 4 aliphatic rings. The Bertz CT molecular complexity index is 1700. The summed E-state index contributed by atoms with van der Waals surface area (Å²) in [5.74, 6) is 4.98. The second-order valence-corrected chi connectivity index (χ2v) is 15.1. The minimum absolute atomic E-state index is 0.0238. The average molecular weight is 650 g/mol. The van der Waals surface area contributed by atoms with Gasteiger partial charge in [-0.25, -0.2) is 4.21 Å². The van der Waals surface area contributed by atoms with Crippen molar-refractivity contribution in [2.24, 2.45) is 16.2 Å². The number of amides is 2. The van der Waals surface area contributed by atoms with E-state index in [9.17, 15) is 13.8 Å². The van der Waals surface area contributed by atoms with Gasteiger partial charge in [0, 0.05) is 36.2 Å². The molecule has 2 amide bonds. The number of rotatable bonds is 2. The maximum absolute atomic E-state index is 13.8. The van der Waals surface area contributed by atoms with Crippen molar-refractivity contribution in [1.29, 1.82) is 0 Å². The number of carbonyl (C=O) groups excluding carboxylic acids is 2. The van der Waals surface area contributed by atoms with Crippen LogP contribution in [0.15, 0.2) is 52.9 Å². The van der Waals surface area contributed by atoms with E-state index < -0.39 is 21.7 Å². The number of allylic oxidation sites excluding steroid dienone is 1. The van der Waals surface area contributed by atoms with Gasteiger partial charge in [0.2, 0.25) is 0 Å². The summed E-state index contributed by atoms with van der Waals surface area (Å²) < 4.78 is 32.9. The molecule has 2 aromatic carbocycles. The summed E-state index contributed by atoms with van der Waals surface area (Å²) in [5, 5.41) is 0.742. The quantitative estimate of drug-likeness (QED) is 0.323. The van der Waals surface area contributed by atoms with Gasteiger partial charge in [0.1, 0.15) is 15.7 Å². The van der Waals surface area contributed by atoms with Gasteiger partial charge in [-0.1, -0.05) is 35.7 Å². The molecule has 0 aromatic heterocycles. The standard InChI is InChI=1S/C35H40ClN3O5S/c1-3-8-33(40)37-45(42)18-6-4-5-10-31(43-2)28-14-11-26(28)21-39-22-35(17-7-9-24-19-27(36)13-15-29(24)35)23-44-32-16-12-25(20-30(32)39)34(41)38-45/h5,10,12-13,15-16,19-20,26,28,31H,4,6-7,9,11,14,17-18,21-23H2,1-2H3,(H,37,38,40,41,42)/b10-5-/t26-,28+,31-,35-,45?/m0/s1. The zero-order valence-electron chi connectivity index (χ0n) is 25.9. The Morgan fingerprint density at radius 3 is 2.87 bits per heavy atom. The number of aryl methyl sites for hydroxylation is 1. The molecular formula is C35H40ClN3O5S. The van der Waals surface area contributed by atoms with Crippen molar-refractivity contribution in [1.82, 2.24) is 4.72 Å². The van der Waals surface area contributed by atoms with Crippen molar-refractivity contribution in [3.05, 3.63) is 70.3 Å². The van der Waals surface area contributed by atoms with Crippen molar-refractivity contribution in [3.63, 3.8) is 0 Å². The summed E-state index contributed by atoms with van der Waals surface area (Å²) in [4.78, 5) is 28.3. The van der Waals surface area contributed by atoms with Crippen LogP contribution in [0.5, 0.6) is 5.75 Å². The molecule has 8 nitrogen and oxygen atoms in total. The Morgan fingerprint density at radius 1 is 1.22 bits per heavy atom. The molecule has 1 spiro atoms. The molecule has 1 saturated carbocycles. The first-order valence-electron chi connectivity index (χ1n) is 15.8. The number of nitrogens with zero attached hydrogens (tertiary/aromatic N) is 2. The minimum Gasteiger partial charge on any atom is -0.490 e. The van der Waals surface area contributed by atoms with Crippen molar-refractivity contribution >= 4 is 39.0 Å². The first kappa shape index (κ1) is 31.7. The monoisotopic (exact) mass is 649 g/mol. The molecule has 2 bridgehead atoms. The van der Waals surface area contributed by atoms with Crippen LogP contribution in [-0.2, 0) is 31.3 Å². The second-order valence-electron chi connectivity index (χ2n) is 12.6. The van der Waals surface area contributed by atoms with E-state index in [0.717, 1.165) is 55.9 Å². The zero-order chi connectivity index (χ0) is 31.6. The Labute approximate surface area is 271 Å². The van der Waals surface area contributed by atoms with Gasteiger partial charge in [-0.05, 0) is 111 Å². The van der Waals surface area contributed by atoms with Gasteiger partial charge in [-0.2, -0.15) is 0 Å². The molecule has 2 heterocycles. The minimum atomic E-state index is -3.41. The number of anilines is 1. The Balaban J connectivity index is 1.44. The lowest BCUT2D eigenvalue weighted by molar-refractivity contribution is -0.114. The summed E-state index contributed by atoms with van der Waals surface area (Å²) in [5.41, 5.74) is 3.42. The number of ether oxygens (including phenoxy) is 2. The third-order valence-corrected chi connectivity index (χ3v) is 11.8. The number of fused-ring (bicyclic) bond motifs is 4. The largest absolute Gasteiger partial charge is 0.490 e. The molecule has 6 rings (SSSR count).